The first-order chi connectivity index (χ1) is 14.7. The van der Waals surface area contributed by atoms with Crippen LogP contribution >= 0.6 is 0 Å². The molecule has 148 valence electrons. The van der Waals surface area contributed by atoms with E-state index in [1.54, 1.807) is 22.8 Å². The van der Waals surface area contributed by atoms with E-state index in [1.165, 1.54) is 23.9 Å². The van der Waals surface area contributed by atoms with Crippen LogP contribution in [0.3, 0.4) is 0 Å². The van der Waals surface area contributed by atoms with Crippen LogP contribution in [0.1, 0.15) is 5.69 Å². The second-order valence-corrected chi connectivity index (χ2v) is 6.62. The van der Waals surface area contributed by atoms with Gasteiger partial charge in [-0.2, -0.15) is 14.7 Å². The van der Waals surface area contributed by atoms with Gasteiger partial charge in [-0.05, 0) is 23.8 Å². The molecule has 0 spiro atoms. The molecule has 0 unspecified atom stereocenters. The zero-order chi connectivity index (χ0) is 20.7. The molecule has 0 amide bonds. The van der Waals surface area contributed by atoms with Crippen LogP contribution in [0.4, 0.5) is 4.39 Å². The van der Waals surface area contributed by atoms with Crippen LogP contribution in [0.2, 0.25) is 0 Å². The van der Waals surface area contributed by atoms with Gasteiger partial charge in [0.05, 0.1) is 25.4 Å². The maximum absolute atomic E-state index is 13.9. The average Bonchev–Trinajstić information content (AvgIpc) is 3.36. The van der Waals surface area contributed by atoms with Gasteiger partial charge in [0.25, 0.3) is 0 Å². The van der Waals surface area contributed by atoms with E-state index in [9.17, 15) is 9.18 Å². The molecule has 0 fully saturated rings. The van der Waals surface area contributed by atoms with E-state index in [-0.39, 0.29) is 6.42 Å². The van der Waals surface area contributed by atoms with Gasteiger partial charge in [-0.3, -0.25) is 4.79 Å². The van der Waals surface area contributed by atoms with E-state index in [0.29, 0.717) is 28.2 Å². The van der Waals surface area contributed by atoms with Gasteiger partial charge in [-0.25, -0.2) is 9.07 Å². The highest BCUT2D eigenvalue weighted by molar-refractivity contribution is 5.85. The standard InChI is InChI=1S/C21H15FN6O2/c1-30-18(29)11-17-19-21(27(26-17)15-9-5-8-14(22)10-15)28-20(25-24-19)16(12-23-28)13-6-3-2-4-7-13/h2-10,12H,11H2,1H3. The summed E-state index contributed by atoms with van der Waals surface area (Å²) < 4.78 is 21.8. The molecule has 3 heterocycles. The molecule has 9 heteroatoms. The minimum atomic E-state index is -0.465. The lowest BCUT2D eigenvalue weighted by Crippen LogP contribution is -2.06. The number of aromatic nitrogens is 6. The summed E-state index contributed by atoms with van der Waals surface area (Å²) in [6.45, 7) is 0. The molecule has 0 aliphatic heterocycles. The zero-order valence-electron chi connectivity index (χ0n) is 15.9. The number of ether oxygens (including phenoxy) is 1. The lowest BCUT2D eigenvalue weighted by atomic mass is 10.1. The molecule has 5 rings (SSSR count). The van der Waals surface area contributed by atoms with Crippen molar-refractivity contribution in [2.45, 2.75) is 6.42 Å². The molecular weight excluding hydrogens is 387 g/mol. The van der Waals surface area contributed by atoms with Crippen molar-refractivity contribution in [1.82, 2.24) is 29.6 Å². The number of halogens is 1. The highest BCUT2D eigenvalue weighted by Crippen LogP contribution is 2.27. The number of rotatable bonds is 4. The Labute approximate surface area is 169 Å². The number of benzene rings is 2. The van der Waals surface area contributed by atoms with Crippen molar-refractivity contribution < 1.29 is 13.9 Å². The third-order valence-corrected chi connectivity index (χ3v) is 4.77. The first-order valence-corrected chi connectivity index (χ1v) is 9.16. The van der Waals surface area contributed by atoms with Crippen molar-refractivity contribution in [3.05, 3.63) is 72.3 Å². The van der Waals surface area contributed by atoms with Gasteiger partial charge < -0.3 is 4.74 Å². The summed E-state index contributed by atoms with van der Waals surface area (Å²) in [7, 11) is 1.30. The van der Waals surface area contributed by atoms with Gasteiger partial charge >= 0.3 is 5.97 Å². The molecule has 0 aliphatic carbocycles. The minimum absolute atomic E-state index is 0.0949. The molecule has 0 saturated heterocycles. The van der Waals surface area contributed by atoms with Crippen LogP contribution in [-0.2, 0) is 16.0 Å². The second kappa shape index (κ2) is 7.03. The summed E-state index contributed by atoms with van der Waals surface area (Å²) in [5.41, 5.74) is 3.97. The van der Waals surface area contributed by atoms with E-state index in [0.717, 1.165) is 11.1 Å². The van der Waals surface area contributed by atoms with Gasteiger partial charge in [-0.15, -0.1) is 10.2 Å². The van der Waals surface area contributed by atoms with Crippen LogP contribution in [0.15, 0.2) is 60.8 Å². The molecule has 30 heavy (non-hydrogen) atoms. The summed E-state index contributed by atoms with van der Waals surface area (Å²) in [5, 5.41) is 17.7. The number of methoxy groups -OCH3 is 1. The zero-order valence-corrected chi connectivity index (χ0v) is 15.9. The summed E-state index contributed by atoms with van der Waals surface area (Å²) in [4.78, 5) is 11.9. The number of esters is 1. The second-order valence-electron chi connectivity index (χ2n) is 6.62. The Balaban J connectivity index is 1.81. The van der Waals surface area contributed by atoms with Crippen molar-refractivity contribution in [2.24, 2.45) is 0 Å². The van der Waals surface area contributed by atoms with E-state index in [2.05, 4.69) is 20.4 Å². The maximum Gasteiger partial charge on any atom is 0.311 e. The largest absolute Gasteiger partial charge is 0.469 e. The third kappa shape index (κ3) is 2.87. The van der Waals surface area contributed by atoms with Crippen LogP contribution in [0.25, 0.3) is 33.6 Å². The molecular formula is C21H15FN6O2. The SMILES string of the molecule is COC(=O)Cc1nn(-c2cccc(F)c2)c2c1nnc1c(-c3ccccc3)cnn12. The fourth-order valence-corrected chi connectivity index (χ4v) is 3.37. The normalized spacial score (nSPS) is 11.3. The highest BCUT2D eigenvalue weighted by Gasteiger charge is 2.22. The van der Waals surface area contributed by atoms with Crippen LogP contribution < -0.4 is 0 Å². The fraction of sp³-hybridized carbons (Fsp3) is 0.0952. The van der Waals surface area contributed by atoms with Gasteiger partial charge in [0.1, 0.15) is 11.5 Å². The number of hydrogen-bond acceptors (Lipinski definition) is 6. The molecule has 0 atom stereocenters. The van der Waals surface area contributed by atoms with Gasteiger partial charge in [-0.1, -0.05) is 36.4 Å². The Morgan fingerprint density at radius 1 is 1.10 bits per heavy atom. The van der Waals surface area contributed by atoms with E-state index in [4.69, 9.17) is 4.74 Å². The molecule has 5 aromatic rings. The van der Waals surface area contributed by atoms with Crippen molar-refractivity contribution in [2.75, 3.05) is 7.11 Å². The third-order valence-electron chi connectivity index (χ3n) is 4.77. The molecule has 0 N–H and O–H groups in total. The van der Waals surface area contributed by atoms with Gasteiger partial charge in [0.15, 0.2) is 16.8 Å². The van der Waals surface area contributed by atoms with Crippen LogP contribution in [-0.4, -0.2) is 42.7 Å². The average molecular weight is 402 g/mol. The number of carbonyl (C=O) groups is 1. The Morgan fingerprint density at radius 2 is 1.93 bits per heavy atom. The van der Waals surface area contributed by atoms with Gasteiger partial charge in [0.2, 0.25) is 0 Å². The van der Waals surface area contributed by atoms with Gasteiger partial charge in [0, 0.05) is 5.56 Å². The molecule has 2 aromatic carbocycles. The molecule has 0 radical (unpaired) electrons. The van der Waals surface area contributed by atoms with Crippen molar-refractivity contribution in [1.29, 1.82) is 0 Å². The Kier molecular flexibility index (Phi) is 4.20. The van der Waals surface area contributed by atoms with E-state index >= 15 is 0 Å². The summed E-state index contributed by atoms with van der Waals surface area (Å²) in [6.07, 6.45) is 1.60. The van der Waals surface area contributed by atoms with Crippen molar-refractivity contribution >= 4 is 22.8 Å². The number of hydrogen-bond donors (Lipinski definition) is 0. The lowest BCUT2D eigenvalue weighted by Gasteiger charge is -2.04. The van der Waals surface area contributed by atoms with Crippen molar-refractivity contribution in [3.8, 4) is 16.8 Å². The lowest BCUT2D eigenvalue weighted by molar-refractivity contribution is -0.139. The predicted octanol–water partition coefficient (Wildman–Crippen LogP) is 2.98. The number of nitrogens with zero attached hydrogens (tertiary/aromatic N) is 6. The highest BCUT2D eigenvalue weighted by atomic mass is 19.1. The minimum Gasteiger partial charge on any atom is -0.469 e. The van der Waals surface area contributed by atoms with E-state index < -0.39 is 11.8 Å². The van der Waals surface area contributed by atoms with Crippen molar-refractivity contribution in [3.63, 3.8) is 0 Å². The first kappa shape index (κ1) is 17.9. The Bertz CT molecular complexity index is 1390. The predicted molar refractivity (Wildman–Crippen MR) is 107 cm³/mol. The Hall–Kier alpha value is -4.14. The summed E-state index contributed by atoms with van der Waals surface area (Å²) >= 11 is 0. The Morgan fingerprint density at radius 3 is 2.70 bits per heavy atom. The smallest absolute Gasteiger partial charge is 0.311 e. The number of carbonyl (C=O) groups excluding carboxylic acids is 1. The fourth-order valence-electron chi connectivity index (χ4n) is 3.37. The molecule has 8 nitrogen and oxygen atoms in total. The van der Waals surface area contributed by atoms with Crippen LogP contribution in [0, 0.1) is 5.82 Å². The topological polar surface area (TPSA) is 87.2 Å². The summed E-state index contributed by atoms with van der Waals surface area (Å²) in [6, 6.07) is 15.7. The summed E-state index contributed by atoms with van der Waals surface area (Å²) in [5.74, 6) is -0.873. The molecule has 0 saturated carbocycles. The van der Waals surface area contributed by atoms with E-state index in [1.807, 2.05) is 30.3 Å². The molecule has 0 bridgehead atoms. The quantitative estimate of drug-likeness (QED) is 0.430. The van der Waals surface area contributed by atoms with Crippen LogP contribution in [0.5, 0.6) is 0 Å². The first-order valence-electron chi connectivity index (χ1n) is 9.16. The molecule has 3 aromatic heterocycles. The molecule has 0 aliphatic rings. The number of fused-ring (bicyclic) bond motifs is 3. The monoisotopic (exact) mass is 402 g/mol. The maximum atomic E-state index is 13.9.